The van der Waals surface area contributed by atoms with E-state index in [9.17, 15) is 9.18 Å². The van der Waals surface area contributed by atoms with Gasteiger partial charge in [0.05, 0.1) is 10.6 Å². The molecule has 3 aromatic rings. The SMILES string of the molecule is O=C(c1nc(-c2cccs2)n(-c2ccc(F)cc2)n1)N1CCCC1C1CC1. The molecule has 0 spiro atoms. The third-order valence-corrected chi connectivity index (χ3v) is 6.20. The van der Waals surface area contributed by atoms with Crippen molar-refractivity contribution in [2.75, 3.05) is 6.54 Å². The number of thiophene rings is 1. The molecule has 1 aliphatic heterocycles. The van der Waals surface area contributed by atoms with Crippen molar-refractivity contribution in [1.29, 1.82) is 0 Å². The highest BCUT2D eigenvalue weighted by molar-refractivity contribution is 7.13. The number of rotatable bonds is 4. The molecule has 3 heterocycles. The number of amides is 1. The lowest BCUT2D eigenvalue weighted by Gasteiger charge is -2.23. The first-order valence-corrected chi connectivity index (χ1v) is 10.2. The summed E-state index contributed by atoms with van der Waals surface area (Å²) < 4.78 is 15.0. The number of carbonyl (C=O) groups is 1. The highest BCUT2D eigenvalue weighted by atomic mass is 32.1. The molecule has 138 valence electrons. The van der Waals surface area contributed by atoms with Crippen molar-refractivity contribution in [1.82, 2.24) is 19.7 Å². The molecule has 1 aliphatic carbocycles. The second-order valence-electron chi connectivity index (χ2n) is 7.17. The number of aromatic nitrogens is 3. The summed E-state index contributed by atoms with van der Waals surface area (Å²) in [6.07, 6.45) is 4.55. The van der Waals surface area contributed by atoms with Gasteiger partial charge in [-0.3, -0.25) is 4.79 Å². The molecule has 1 saturated carbocycles. The molecule has 2 fully saturated rings. The van der Waals surface area contributed by atoms with Crippen LogP contribution in [0.15, 0.2) is 41.8 Å². The van der Waals surface area contributed by atoms with Crippen molar-refractivity contribution >= 4 is 17.2 Å². The van der Waals surface area contributed by atoms with Crippen molar-refractivity contribution in [2.24, 2.45) is 5.92 Å². The maximum absolute atomic E-state index is 13.3. The first-order chi connectivity index (χ1) is 13.2. The van der Waals surface area contributed by atoms with Crippen molar-refractivity contribution < 1.29 is 9.18 Å². The highest BCUT2D eigenvalue weighted by Gasteiger charge is 2.41. The molecule has 1 saturated heterocycles. The van der Waals surface area contributed by atoms with Crippen LogP contribution in [-0.4, -0.2) is 38.2 Å². The Morgan fingerprint density at radius 3 is 2.67 bits per heavy atom. The average molecular weight is 382 g/mol. The minimum absolute atomic E-state index is 0.0944. The van der Waals surface area contributed by atoms with Gasteiger partial charge in [-0.15, -0.1) is 16.4 Å². The van der Waals surface area contributed by atoms with Gasteiger partial charge in [0.1, 0.15) is 5.82 Å². The molecule has 2 aromatic heterocycles. The van der Waals surface area contributed by atoms with Crippen LogP contribution in [0.2, 0.25) is 0 Å². The lowest BCUT2D eigenvalue weighted by atomic mass is 10.1. The first kappa shape index (κ1) is 16.6. The van der Waals surface area contributed by atoms with E-state index in [0.717, 1.165) is 24.3 Å². The predicted molar refractivity (Wildman–Crippen MR) is 101 cm³/mol. The number of carbonyl (C=O) groups excluding carboxylic acids is 1. The molecule has 5 nitrogen and oxygen atoms in total. The van der Waals surface area contributed by atoms with Crippen LogP contribution in [0.25, 0.3) is 16.4 Å². The lowest BCUT2D eigenvalue weighted by Crippen LogP contribution is -2.37. The van der Waals surface area contributed by atoms with Crippen molar-refractivity contribution in [3.63, 3.8) is 0 Å². The molecule has 0 bridgehead atoms. The standard InChI is InChI=1S/C20H19FN4OS/c21-14-7-9-15(10-8-14)25-19(17-4-2-12-27-17)22-18(23-25)20(26)24-11-1-3-16(24)13-5-6-13/h2,4,7-10,12-13,16H,1,3,5-6,11H2. The molecule has 1 atom stereocenters. The predicted octanol–water partition coefficient (Wildman–Crippen LogP) is 4.15. The summed E-state index contributed by atoms with van der Waals surface area (Å²) in [5.41, 5.74) is 0.687. The Morgan fingerprint density at radius 2 is 1.96 bits per heavy atom. The van der Waals surface area contributed by atoms with Crippen LogP contribution < -0.4 is 0 Å². The summed E-state index contributed by atoms with van der Waals surface area (Å²) >= 11 is 1.54. The van der Waals surface area contributed by atoms with Gasteiger partial charge in [0.15, 0.2) is 5.82 Å². The topological polar surface area (TPSA) is 51.0 Å². The Morgan fingerprint density at radius 1 is 1.15 bits per heavy atom. The summed E-state index contributed by atoms with van der Waals surface area (Å²) in [4.78, 5) is 20.6. The van der Waals surface area contributed by atoms with E-state index in [1.54, 1.807) is 16.8 Å². The van der Waals surface area contributed by atoms with Crippen LogP contribution in [0.3, 0.4) is 0 Å². The number of nitrogens with zero attached hydrogens (tertiary/aromatic N) is 4. The highest BCUT2D eigenvalue weighted by Crippen LogP contribution is 2.40. The van der Waals surface area contributed by atoms with Crippen molar-refractivity contribution in [3.8, 4) is 16.4 Å². The van der Waals surface area contributed by atoms with Gasteiger partial charge in [-0.1, -0.05) is 6.07 Å². The summed E-state index contributed by atoms with van der Waals surface area (Å²) in [6.45, 7) is 0.777. The molecule has 7 heteroatoms. The van der Waals surface area contributed by atoms with E-state index in [0.29, 0.717) is 23.5 Å². The van der Waals surface area contributed by atoms with E-state index in [1.807, 2.05) is 22.4 Å². The smallest absolute Gasteiger partial charge is 0.293 e. The van der Waals surface area contributed by atoms with E-state index in [-0.39, 0.29) is 17.5 Å². The molecule has 0 radical (unpaired) electrons. The van der Waals surface area contributed by atoms with Gasteiger partial charge in [0, 0.05) is 12.6 Å². The van der Waals surface area contributed by atoms with Gasteiger partial charge in [0.2, 0.25) is 5.82 Å². The maximum Gasteiger partial charge on any atom is 0.293 e. The number of halogens is 1. The Labute approximate surface area is 160 Å². The third kappa shape index (κ3) is 3.06. The van der Waals surface area contributed by atoms with E-state index >= 15 is 0 Å². The Kier molecular flexibility index (Phi) is 4.04. The number of benzene rings is 1. The second kappa shape index (κ2) is 6.56. The molecule has 27 heavy (non-hydrogen) atoms. The number of likely N-dealkylation sites (tertiary alicyclic amines) is 1. The van der Waals surface area contributed by atoms with Crippen molar-refractivity contribution in [2.45, 2.75) is 31.7 Å². The van der Waals surface area contributed by atoms with Crippen LogP contribution in [-0.2, 0) is 0 Å². The zero-order valence-corrected chi connectivity index (χ0v) is 15.5. The number of hydrogen-bond acceptors (Lipinski definition) is 4. The molecule has 2 aliphatic rings. The minimum atomic E-state index is -0.308. The zero-order chi connectivity index (χ0) is 18.4. The fourth-order valence-corrected chi connectivity index (χ4v) is 4.57. The fourth-order valence-electron chi connectivity index (χ4n) is 3.87. The lowest BCUT2D eigenvalue weighted by molar-refractivity contribution is 0.0708. The van der Waals surface area contributed by atoms with E-state index in [2.05, 4.69) is 10.1 Å². The molecule has 1 amide bonds. The summed E-state index contributed by atoms with van der Waals surface area (Å²) in [6, 6.07) is 10.3. The Balaban J connectivity index is 1.54. The molecule has 1 aromatic carbocycles. The van der Waals surface area contributed by atoms with Crippen molar-refractivity contribution in [3.05, 3.63) is 53.4 Å². The van der Waals surface area contributed by atoms with Crippen LogP contribution in [0, 0.1) is 11.7 Å². The van der Waals surface area contributed by atoms with Crippen LogP contribution >= 0.6 is 11.3 Å². The van der Waals surface area contributed by atoms with Gasteiger partial charge in [-0.2, -0.15) is 0 Å². The largest absolute Gasteiger partial charge is 0.333 e. The Bertz CT molecular complexity index is 963. The first-order valence-electron chi connectivity index (χ1n) is 9.28. The van der Waals surface area contributed by atoms with Crippen LogP contribution in [0.5, 0.6) is 0 Å². The molecular formula is C20H19FN4OS. The third-order valence-electron chi connectivity index (χ3n) is 5.34. The van der Waals surface area contributed by atoms with E-state index in [4.69, 9.17) is 0 Å². The number of hydrogen-bond donors (Lipinski definition) is 0. The Hall–Kier alpha value is -2.54. The van der Waals surface area contributed by atoms with E-state index < -0.39 is 0 Å². The minimum Gasteiger partial charge on any atom is -0.333 e. The normalized spacial score (nSPS) is 19.6. The van der Waals surface area contributed by atoms with E-state index in [1.165, 1.54) is 36.3 Å². The van der Waals surface area contributed by atoms with Gasteiger partial charge >= 0.3 is 0 Å². The quantitative estimate of drug-likeness (QED) is 0.681. The molecular weight excluding hydrogens is 363 g/mol. The zero-order valence-electron chi connectivity index (χ0n) is 14.7. The summed E-state index contributed by atoms with van der Waals surface area (Å²) in [5, 5.41) is 6.49. The van der Waals surface area contributed by atoms with Crippen LogP contribution in [0.1, 0.15) is 36.3 Å². The van der Waals surface area contributed by atoms with Gasteiger partial charge in [-0.05, 0) is 67.3 Å². The fraction of sp³-hybridized carbons (Fsp3) is 0.350. The molecule has 0 N–H and O–H groups in total. The maximum atomic E-state index is 13.3. The van der Waals surface area contributed by atoms with Gasteiger partial charge in [0.25, 0.3) is 5.91 Å². The average Bonchev–Trinajstić information content (AvgIpc) is 3.11. The summed E-state index contributed by atoms with van der Waals surface area (Å²) in [7, 11) is 0. The monoisotopic (exact) mass is 382 g/mol. The molecule has 5 rings (SSSR count). The molecule has 1 unspecified atom stereocenters. The van der Waals surface area contributed by atoms with Crippen LogP contribution in [0.4, 0.5) is 4.39 Å². The van der Waals surface area contributed by atoms with Gasteiger partial charge in [-0.25, -0.2) is 14.1 Å². The van der Waals surface area contributed by atoms with Gasteiger partial charge < -0.3 is 4.90 Å². The second-order valence-corrected chi connectivity index (χ2v) is 8.12. The summed E-state index contributed by atoms with van der Waals surface area (Å²) in [5.74, 6) is 1.07.